The predicted octanol–water partition coefficient (Wildman–Crippen LogP) is 5.40. The Bertz CT molecular complexity index is 896. The molecule has 3 rings (SSSR count). The highest BCUT2D eigenvalue weighted by Crippen LogP contribution is 2.38. The Morgan fingerprint density at radius 3 is 2.50 bits per heavy atom. The molecule has 0 fully saturated rings. The molecule has 1 N–H and O–H groups in total. The number of hydrogen-bond acceptors (Lipinski definition) is 2. The SMILES string of the molecule is CCN1C(=S)NC(c2cccc(Cl)c2Cl)C(C(=O)c2ccccc2)=C1C. The number of Topliss-reactive ketones (excluding diaryl/α,β-unsaturated/α-hetero) is 1. The largest absolute Gasteiger partial charge is 0.351 e. The summed E-state index contributed by atoms with van der Waals surface area (Å²) in [5.74, 6) is -0.0578. The molecule has 6 heteroatoms. The highest BCUT2D eigenvalue weighted by molar-refractivity contribution is 7.80. The number of hydrogen-bond donors (Lipinski definition) is 1. The van der Waals surface area contributed by atoms with Crippen molar-refractivity contribution < 1.29 is 4.79 Å². The van der Waals surface area contributed by atoms with Gasteiger partial charge in [-0.2, -0.15) is 0 Å². The molecule has 0 saturated heterocycles. The maximum Gasteiger partial charge on any atom is 0.193 e. The molecule has 1 unspecified atom stereocenters. The number of carbonyl (C=O) groups excluding carboxylic acids is 1. The highest BCUT2D eigenvalue weighted by atomic mass is 35.5. The van der Waals surface area contributed by atoms with Crippen LogP contribution in [0.2, 0.25) is 10.0 Å². The third kappa shape index (κ3) is 3.37. The maximum absolute atomic E-state index is 13.3. The number of nitrogens with one attached hydrogen (secondary N) is 1. The molecule has 134 valence electrons. The second kappa shape index (κ2) is 7.78. The molecular weight excluding hydrogens is 387 g/mol. The molecule has 26 heavy (non-hydrogen) atoms. The molecule has 3 nitrogen and oxygen atoms in total. The Hall–Kier alpha value is -1.88. The maximum atomic E-state index is 13.3. The summed E-state index contributed by atoms with van der Waals surface area (Å²) in [5.41, 5.74) is 2.80. The standard InChI is InChI=1S/C20H18Cl2N2OS/c1-3-24-12(2)16(19(25)13-8-5-4-6-9-13)18(23-20(24)26)14-10-7-11-15(21)17(14)22/h4-11,18H,3H2,1-2H3,(H,23,26). The first-order valence-electron chi connectivity index (χ1n) is 8.28. The van der Waals surface area contributed by atoms with Gasteiger partial charge >= 0.3 is 0 Å². The van der Waals surface area contributed by atoms with E-state index in [0.717, 1.165) is 11.3 Å². The normalized spacial score (nSPS) is 17.3. The van der Waals surface area contributed by atoms with Gasteiger partial charge < -0.3 is 10.2 Å². The molecule has 2 aromatic rings. The van der Waals surface area contributed by atoms with Crippen molar-refractivity contribution in [3.63, 3.8) is 0 Å². The average Bonchev–Trinajstić information content (AvgIpc) is 2.64. The second-order valence-electron chi connectivity index (χ2n) is 5.96. The van der Waals surface area contributed by atoms with Gasteiger partial charge in [0.25, 0.3) is 0 Å². The van der Waals surface area contributed by atoms with Crippen LogP contribution in [0.1, 0.15) is 35.8 Å². The molecule has 0 spiro atoms. The Balaban J connectivity index is 2.19. The number of carbonyl (C=O) groups is 1. The number of halogens is 2. The van der Waals surface area contributed by atoms with E-state index in [4.69, 9.17) is 35.4 Å². The summed E-state index contributed by atoms with van der Waals surface area (Å²) in [6.07, 6.45) is 0. The first-order valence-corrected chi connectivity index (χ1v) is 9.44. The van der Waals surface area contributed by atoms with Gasteiger partial charge in [-0.05, 0) is 37.7 Å². The summed E-state index contributed by atoms with van der Waals surface area (Å²) in [7, 11) is 0. The zero-order valence-electron chi connectivity index (χ0n) is 14.4. The lowest BCUT2D eigenvalue weighted by atomic mass is 9.89. The number of nitrogens with zero attached hydrogens (tertiary/aromatic N) is 1. The van der Waals surface area contributed by atoms with Crippen LogP contribution < -0.4 is 5.32 Å². The second-order valence-corrected chi connectivity index (χ2v) is 7.14. The fourth-order valence-corrected chi connectivity index (χ4v) is 3.98. The fourth-order valence-electron chi connectivity index (χ4n) is 3.18. The van der Waals surface area contributed by atoms with E-state index in [1.54, 1.807) is 6.07 Å². The summed E-state index contributed by atoms with van der Waals surface area (Å²) in [6, 6.07) is 14.2. The molecular formula is C20H18Cl2N2OS. The summed E-state index contributed by atoms with van der Waals surface area (Å²) in [5, 5.41) is 4.70. The molecule has 1 atom stereocenters. The lowest BCUT2D eigenvalue weighted by Crippen LogP contribution is -2.47. The van der Waals surface area contributed by atoms with Crippen LogP contribution in [-0.2, 0) is 0 Å². The van der Waals surface area contributed by atoms with Gasteiger partial charge in [-0.15, -0.1) is 0 Å². The van der Waals surface area contributed by atoms with Gasteiger partial charge in [0, 0.05) is 23.4 Å². The van der Waals surface area contributed by atoms with Crippen molar-refractivity contribution in [3.8, 4) is 0 Å². The molecule has 1 heterocycles. The van der Waals surface area contributed by atoms with Crippen molar-refractivity contribution in [3.05, 3.63) is 81.0 Å². The van der Waals surface area contributed by atoms with Crippen molar-refractivity contribution in [1.29, 1.82) is 0 Å². The zero-order valence-corrected chi connectivity index (χ0v) is 16.8. The van der Waals surface area contributed by atoms with Crippen molar-refractivity contribution in [2.75, 3.05) is 6.54 Å². The van der Waals surface area contributed by atoms with E-state index in [1.165, 1.54) is 0 Å². The van der Waals surface area contributed by atoms with Gasteiger partial charge in [-0.3, -0.25) is 4.79 Å². The van der Waals surface area contributed by atoms with Gasteiger partial charge in [0.1, 0.15) is 0 Å². The first kappa shape index (κ1) is 18.9. The lowest BCUT2D eigenvalue weighted by molar-refractivity contribution is 0.102. The van der Waals surface area contributed by atoms with E-state index in [1.807, 2.05) is 61.2 Å². The number of ketones is 1. The summed E-state index contributed by atoms with van der Waals surface area (Å²) < 4.78 is 0. The minimum absolute atomic E-state index is 0.0578. The molecule has 0 aliphatic carbocycles. The lowest BCUT2D eigenvalue weighted by Gasteiger charge is -2.37. The Labute approximate surface area is 168 Å². The van der Waals surface area contributed by atoms with E-state index in [0.29, 0.717) is 32.8 Å². The van der Waals surface area contributed by atoms with Crippen LogP contribution in [0.25, 0.3) is 0 Å². The van der Waals surface area contributed by atoms with Crippen LogP contribution in [0.15, 0.2) is 59.8 Å². The van der Waals surface area contributed by atoms with Crippen LogP contribution >= 0.6 is 35.4 Å². The monoisotopic (exact) mass is 404 g/mol. The van der Waals surface area contributed by atoms with E-state index in [9.17, 15) is 4.79 Å². The highest BCUT2D eigenvalue weighted by Gasteiger charge is 2.34. The predicted molar refractivity (Wildman–Crippen MR) is 111 cm³/mol. The van der Waals surface area contributed by atoms with Crippen LogP contribution in [0.3, 0.4) is 0 Å². The van der Waals surface area contributed by atoms with Crippen LogP contribution in [0, 0.1) is 0 Å². The number of allylic oxidation sites excluding steroid dienone is 1. The number of benzene rings is 2. The topological polar surface area (TPSA) is 32.3 Å². The summed E-state index contributed by atoms with van der Waals surface area (Å²) >= 11 is 18.2. The van der Waals surface area contributed by atoms with E-state index >= 15 is 0 Å². The van der Waals surface area contributed by atoms with Crippen LogP contribution in [-0.4, -0.2) is 22.3 Å². The zero-order chi connectivity index (χ0) is 18.8. The minimum atomic E-state index is -0.454. The van der Waals surface area contributed by atoms with Gasteiger partial charge in [-0.25, -0.2) is 0 Å². The number of rotatable bonds is 4. The molecule has 0 saturated carbocycles. The van der Waals surface area contributed by atoms with E-state index in [-0.39, 0.29) is 5.78 Å². The van der Waals surface area contributed by atoms with Crippen LogP contribution in [0.5, 0.6) is 0 Å². The van der Waals surface area contributed by atoms with Crippen molar-refractivity contribution in [2.24, 2.45) is 0 Å². The first-order chi connectivity index (χ1) is 12.5. The Morgan fingerprint density at radius 1 is 1.15 bits per heavy atom. The van der Waals surface area contributed by atoms with Gasteiger partial charge in [0.15, 0.2) is 10.9 Å². The Kier molecular flexibility index (Phi) is 5.66. The average molecular weight is 405 g/mol. The molecule has 0 aromatic heterocycles. The van der Waals surface area contributed by atoms with E-state index < -0.39 is 6.04 Å². The third-order valence-electron chi connectivity index (χ3n) is 4.49. The van der Waals surface area contributed by atoms with Gasteiger partial charge in [0.2, 0.25) is 0 Å². The number of thiocarbonyl (C=S) groups is 1. The van der Waals surface area contributed by atoms with Gasteiger partial charge in [-0.1, -0.05) is 65.7 Å². The quantitative estimate of drug-likeness (QED) is 0.545. The summed E-state index contributed by atoms with van der Waals surface area (Å²) in [6.45, 7) is 4.58. The molecule has 0 amide bonds. The smallest absolute Gasteiger partial charge is 0.193 e. The molecule has 2 aromatic carbocycles. The molecule has 0 radical (unpaired) electrons. The fraction of sp³-hybridized carbons (Fsp3) is 0.200. The van der Waals surface area contributed by atoms with Crippen LogP contribution in [0.4, 0.5) is 0 Å². The minimum Gasteiger partial charge on any atom is -0.351 e. The third-order valence-corrected chi connectivity index (χ3v) is 5.66. The van der Waals surface area contributed by atoms with Crippen molar-refractivity contribution >= 4 is 46.3 Å². The van der Waals surface area contributed by atoms with Crippen molar-refractivity contribution in [2.45, 2.75) is 19.9 Å². The van der Waals surface area contributed by atoms with Crippen molar-refractivity contribution in [1.82, 2.24) is 10.2 Å². The molecule has 1 aliphatic heterocycles. The van der Waals surface area contributed by atoms with Gasteiger partial charge in [0.05, 0.1) is 16.1 Å². The Morgan fingerprint density at radius 2 is 1.85 bits per heavy atom. The molecule has 0 bridgehead atoms. The molecule has 1 aliphatic rings. The van der Waals surface area contributed by atoms with E-state index in [2.05, 4.69) is 5.32 Å². The summed E-state index contributed by atoms with van der Waals surface area (Å²) in [4.78, 5) is 15.2.